The highest BCUT2D eigenvalue weighted by atomic mass is 79.9. The van der Waals surface area contributed by atoms with Crippen molar-refractivity contribution in [1.29, 1.82) is 0 Å². The van der Waals surface area contributed by atoms with Crippen LogP contribution in [-0.4, -0.2) is 9.97 Å². The number of rotatable bonds is 0. The summed E-state index contributed by atoms with van der Waals surface area (Å²) in [5, 5.41) is 0. The van der Waals surface area contributed by atoms with Crippen LogP contribution in [0.1, 0.15) is 22.3 Å². The van der Waals surface area contributed by atoms with Crippen molar-refractivity contribution < 1.29 is 4.74 Å². The zero-order valence-electron chi connectivity index (χ0n) is 14.2. The lowest BCUT2D eigenvalue weighted by atomic mass is 9.67. The van der Waals surface area contributed by atoms with Gasteiger partial charge in [-0.25, -0.2) is 0 Å². The predicted molar refractivity (Wildman–Crippen MR) is 107 cm³/mol. The number of hydrogen-bond acceptors (Lipinski definition) is 3. The maximum absolute atomic E-state index is 6.23. The Bertz CT molecular complexity index is 1190. The fourth-order valence-corrected chi connectivity index (χ4v) is 4.96. The molecule has 0 bridgehead atoms. The lowest BCUT2D eigenvalue weighted by Crippen LogP contribution is -2.32. The molecule has 0 fully saturated rings. The van der Waals surface area contributed by atoms with E-state index >= 15 is 0 Å². The third kappa shape index (κ3) is 1.81. The minimum atomic E-state index is -0.485. The Labute approximate surface area is 164 Å². The van der Waals surface area contributed by atoms with Crippen LogP contribution in [0.2, 0.25) is 0 Å². The van der Waals surface area contributed by atoms with E-state index in [-0.39, 0.29) is 0 Å². The molecular weight excluding hydrogens is 400 g/mol. The van der Waals surface area contributed by atoms with Gasteiger partial charge in [-0.15, -0.1) is 0 Å². The molecule has 0 radical (unpaired) electrons. The third-order valence-electron chi connectivity index (χ3n) is 5.60. The molecule has 3 nitrogen and oxygen atoms in total. The average molecular weight is 413 g/mol. The van der Waals surface area contributed by atoms with Gasteiger partial charge in [0.1, 0.15) is 11.5 Å². The van der Waals surface area contributed by atoms with Crippen LogP contribution in [0.25, 0.3) is 11.1 Å². The molecule has 2 aliphatic rings. The summed E-state index contributed by atoms with van der Waals surface area (Å²) in [6.07, 6.45) is 7.42. The number of nitrogens with zero attached hydrogens (tertiary/aromatic N) is 2. The minimum Gasteiger partial charge on any atom is -0.456 e. The Morgan fingerprint density at radius 2 is 1.37 bits per heavy atom. The fraction of sp³-hybridized carbons (Fsp3) is 0.0435. The first-order valence-corrected chi connectivity index (χ1v) is 9.56. The van der Waals surface area contributed by atoms with Crippen molar-refractivity contribution in [1.82, 2.24) is 9.97 Å². The molecule has 0 saturated heterocycles. The molecule has 4 heteroatoms. The number of ether oxygens (including phenoxy) is 1. The van der Waals surface area contributed by atoms with Crippen LogP contribution in [-0.2, 0) is 5.41 Å². The van der Waals surface area contributed by atoms with Crippen molar-refractivity contribution in [2.45, 2.75) is 5.41 Å². The molecular formula is C23H13BrN2O. The smallest absolute Gasteiger partial charge is 0.135 e. The van der Waals surface area contributed by atoms with Gasteiger partial charge >= 0.3 is 0 Å². The number of hydrogen-bond donors (Lipinski definition) is 0. The van der Waals surface area contributed by atoms with Crippen LogP contribution in [0.4, 0.5) is 0 Å². The highest BCUT2D eigenvalue weighted by molar-refractivity contribution is 9.10. The van der Waals surface area contributed by atoms with Gasteiger partial charge in [0.25, 0.3) is 0 Å². The summed E-state index contributed by atoms with van der Waals surface area (Å²) in [5.41, 5.74) is 6.56. The summed E-state index contributed by atoms with van der Waals surface area (Å²) in [7, 11) is 0. The number of benzene rings is 2. The Kier molecular flexibility index (Phi) is 2.95. The number of halogens is 1. The van der Waals surface area contributed by atoms with Crippen LogP contribution in [0.5, 0.6) is 11.5 Å². The first kappa shape index (κ1) is 15.1. The summed E-state index contributed by atoms with van der Waals surface area (Å²) in [5.74, 6) is 1.68. The summed E-state index contributed by atoms with van der Waals surface area (Å²) < 4.78 is 7.28. The van der Waals surface area contributed by atoms with Crippen molar-refractivity contribution in [3.05, 3.63) is 106 Å². The van der Waals surface area contributed by atoms with Gasteiger partial charge in [0, 0.05) is 40.4 Å². The predicted octanol–water partition coefficient (Wildman–Crippen LogP) is 5.71. The first-order valence-electron chi connectivity index (χ1n) is 8.77. The van der Waals surface area contributed by atoms with Crippen molar-refractivity contribution in [2.75, 3.05) is 0 Å². The highest BCUT2D eigenvalue weighted by Gasteiger charge is 2.51. The molecule has 0 N–H and O–H groups in total. The lowest BCUT2D eigenvalue weighted by molar-refractivity contribution is 0.433. The monoisotopic (exact) mass is 412 g/mol. The molecule has 2 aromatic heterocycles. The van der Waals surface area contributed by atoms with Crippen molar-refractivity contribution >= 4 is 15.9 Å². The third-order valence-corrected chi connectivity index (χ3v) is 6.09. The van der Waals surface area contributed by atoms with Gasteiger partial charge in [-0.05, 0) is 46.5 Å². The minimum absolute atomic E-state index is 0.485. The van der Waals surface area contributed by atoms with Gasteiger partial charge < -0.3 is 4.74 Å². The molecule has 0 amide bonds. The molecule has 0 unspecified atom stereocenters. The summed E-state index contributed by atoms with van der Waals surface area (Å²) in [6.45, 7) is 0. The van der Waals surface area contributed by atoms with Crippen LogP contribution >= 0.6 is 15.9 Å². The molecule has 0 atom stereocenters. The molecule has 2 aromatic carbocycles. The Hall–Kier alpha value is -2.98. The average Bonchev–Trinajstić information content (AvgIpc) is 2.99. The largest absolute Gasteiger partial charge is 0.456 e. The molecule has 3 heterocycles. The van der Waals surface area contributed by atoms with Crippen molar-refractivity contribution in [2.24, 2.45) is 0 Å². The summed E-state index contributed by atoms with van der Waals surface area (Å²) in [6, 6.07) is 19.0. The van der Waals surface area contributed by atoms with E-state index in [0.29, 0.717) is 0 Å². The molecule has 6 rings (SSSR count). The van der Waals surface area contributed by atoms with E-state index in [2.05, 4.69) is 68.4 Å². The second-order valence-corrected chi connectivity index (χ2v) is 7.75. The van der Waals surface area contributed by atoms with Crippen LogP contribution in [0, 0.1) is 0 Å². The molecule has 27 heavy (non-hydrogen) atoms. The molecule has 128 valence electrons. The van der Waals surface area contributed by atoms with Gasteiger partial charge in [-0.2, -0.15) is 0 Å². The van der Waals surface area contributed by atoms with E-state index in [1.165, 1.54) is 22.3 Å². The van der Waals surface area contributed by atoms with E-state index in [9.17, 15) is 0 Å². The van der Waals surface area contributed by atoms with Crippen LogP contribution in [0.3, 0.4) is 0 Å². The second kappa shape index (κ2) is 5.27. The highest BCUT2D eigenvalue weighted by Crippen LogP contribution is 2.61. The van der Waals surface area contributed by atoms with Crippen molar-refractivity contribution in [3.8, 4) is 22.6 Å². The van der Waals surface area contributed by atoms with E-state index < -0.39 is 5.41 Å². The number of fused-ring (bicyclic) bond motifs is 9. The van der Waals surface area contributed by atoms with Gasteiger partial charge in [0.15, 0.2) is 0 Å². The van der Waals surface area contributed by atoms with Crippen molar-refractivity contribution in [3.63, 3.8) is 0 Å². The number of pyridine rings is 2. The topological polar surface area (TPSA) is 35.0 Å². The van der Waals surface area contributed by atoms with E-state index in [1.807, 2.05) is 24.5 Å². The molecule has 0 saturated carbocycles. The fourth-order valence-electron chi connectivity index (χ4n) is 4.60. The lowest BCUT2D eigenvalue weighted by Gasteiger charge is -2.38. The Morgan fingerprint density at radius 3 is 2.11 bits per heavy atom. The zero-order valence-corrected chi connectivity index (χ0v) is 15.8. The maximum atomic E-state index is 6.23. The standard InChI is InChI=1S/C23H13BrN2O/c24-14-5-6-16-15-3-1-2-4-17(15)23(18(16)11-14)19-12-25-9-7-21(19)27-22-8-10-26-13-20(22)23/h1-13H. The van der Waals surface area contributed by atoms with Gasteiger partial charge in [-0.1, -0.05) is 46.3 Å². The zero-order chi connectivity index (χ0) is 18.0. The summed E-state index contributed by atoms with van der Waals surface area (Å²) in [4.78, 5) is 8.89. The normalized spacial score (nSPS) is 14.7. The molecule has 1 aliphatic carbocycles. The maximum Gasteiger partial charge on any atom is 0.135 e. The van der Waals surface area contributed by atoms with E-state index in [0.717, 1.165) is 27.1 Å². The molecule has 1 spiro atoms. The van der Waals surface area contributed by atoms with Gasteiger partial charge in [-0.3, -0.25) is 9.97 Å². The SMILES string of the molecule is Brc1ccc2c(c1)C1(c3cnccc3Oc3ccncc31)c1ccccc1-2. The van der Waals surface area contributed by atoms with Crippen LogP contribution < -0.4 is 4.74 Å². The first-order chi connectivity index (χ1) is 13.3. The van der Waals surface area contributed by atoms with E-state index in [4.69, 9.17) is 4.74 Å². The van der Waals surface area contributed by atoms with Gasteiger partial charge in [0.05, 0.1) is 5.41 Å². The van der Waals surface area contributed by atoms with Gasteiger partial charge in [0.2, 0.25) is 0 Å². The van der Waals surface area contributed by atoms with Crippen LogP contribution in [0.15, 0.2) is 83.9 Å². The summed E-state index contributed by atoms with van der Waals surface area (Å²) >= 11 is 3.68. The van der Waals surface area contributed by atoms with E-state index in [1.54, 1.807) is 12.4 Å². The Balaban J connectivity index is 1.87. The Morgan fingerprint density at radius 1 is 0.704 bits per heavy atom. The molecule has 1 aliphatic heterocycles. The molecule has 4 aromatic rings. The second-order valence-electron chi connectivity index (χ2n) is 6.83. The quantitative estimate of drug-likeness (QED) is 0.320. The number of aromatic nitrogens is 2.